The summed E-state index contributed by atoms with van der Waals surface area (Å²) < 4.78 is 51.6. The molecule has 24 heavy (non-hydrogen) atoms. The fourth-order valence-electron chi connectivity index (χ4n) is 2.14. The van der Waals surface area contributed by atoms with Gasteiger partial charge in [0.2, 0.25) is 0 Å². The van der Waals surface area contributed by atoms with Gasteiger partial charge in [-0.15, -0.1) is 0 Å². The van der Waals surface area contributed by atoms with Gasteiger partial charge >= 0.3 is 6.18 Å². The first kappa shape index (κ1) is 18.2. The molecule has 0 unspecified atom stereocenters. The van der Waals surface area contributed by atoms with Gasteiger partial charge in [-0.3, -0.25) is 4.79 Å². The Labute approximate surface area is 140 Å². The summed E-state index contributed by atoms with van der Waals surface area (Å²) in [6, 6.07) is 5.94. The summed E-state index contributed by atoms with van der Waals surface area (Å²) >= 11 is 5.91. The molecule has 0 N–H and O–H groups in total. The Morgan fingerprint density at radius 1 is 1.25 bits per heavy atom. The lowest BCUT2D eigenvalue weighted by atomic mass is 10.1. The molecule has 1 amide bonds. The van der Waals surface area contributed by atoms with E-state index in [9.17, 15) is 22.4 Å². The molecule has 0 bridgehead atoms. The van der Waals surface area contributed by atoms with E-state index in [1.54, 1.807) is 0 Å². The number of alkyl halides is 3. The van der Waals surface area contributed by atoms with Crippen molar-refractivity contribution in [1.82, 2.24) is 9.88 Å². The van der Waals surface area contributed by atoms with Crippen LogP contribution < -0.4 is 0 Å². The van der Waals surface area contributed by atoms with Gasteiger partial charge < -0.3 is 4.90 Å². The van der Waals surface area contributed by atoms with E-state index in [2.05, 4.69) is 4.98 Å². The minimum absolute atomic E-state index is 0.0120. The quantitative estimate of drug-likeness (QED) is 0.756. The average Bonchev–Trinajstić information content (AvgIpc) is 2.49. The van der Waals surface area contributed by atoms with E-state index in [0.717, 1.165) is 12.1 Å². The second kappa shape index (κ2) is 6.76. The maximum atomic E-state index is 13.8. The SMILES string of the molecule is Cc1nc(C(F)(F)F)ccc1C(=O)N(C)Cc1c(F)cccc1Cl. The number of carbonyl (C=O) groups excluding carboxylic acids is 1. The highest BCUT2D eigenvalue weighted by atomic mass is 35.5. The lowest BCUT2D eigenvalue weighted by Gasteiger charge is -2.19. The Morgan fingerprint density at radius 2 is 1.92 bits per heavy atom. The van der Waals surface area contributed by atoms with Crippen LogP contribution in [0.15, 0.2) is 30.3 Å². The van der Waals surface area contributed by atoms with Gasteiger partial charge in [-0.1, -0.05) is 17.7 Å². The Kier molecular flexibility index (Phi) is 5.13. The molecule has 0 fully saturated rings. The van der Waals surface area contributed by atoms with Crippen molar-refractivity contribution < 1.29 is 22.4 Å². The molecule has 1 aromatic heterocycles. The number of hydrogen-bond donors (Lipinski definition) is 0. The van der Waals surface area contributed by atoms with Crippen molar-refractivity contribution in [2.75, 3.05) is 7.05 Å². The predicted molar refractivity (Wildman–Crippen MR) is 81.2 cm³/mol. The molecule has 3 nitrogen and oxygen atoms in total. The smallest absolute Gasteiger partial charge is 0.337 e. The number of nitrogens with zero attached hydrogens (tertiary/aromatic N) is 2. The summed E-state index contributed by atoms with van der Waals surface area (Å²) in [4.78, 5) is 17.0. The van der Waals surface area contributed by atoms with Gasteiger partial charge in [0.05, 0.1) is 11.3 Å². The highest BCUT2D eigenvalue weighted by molar-refractivity contribution is 6.31. The van der Waals surface area contributed by atoms with Crippen LogP contribution in [-0.4, -0.2) is 22.8 Å². The molecule has 0 aliphatic rings. The van der Waals surface area contributed by atoms with Gasteiger partial charge in [-0.05, 0) is 31.2 Å². The van der Waals surface area contributed by atoms with E-state index in [-0.39, 0.29) is 28.4 Å². The molecule has 1 heterocycles. The van der Waals surface area contributed by atoms with Crippen LogP contribution in [-0.2, 0) is 12.7 Å². The van der Waals surface area contributed by atoms with Gasteiger partial charge in [0.25, 0.3) is 5.91 Å². The molecule has 2 aromatic rings. The van der Waals surface area contributed by atoms with Crippen molar-refractivity contribution in [1.29, 1.82) is 0 Å². The van der Waals surface area contributed by atoms with Gasteiger partial charge in [0, 0.05) is 24.2 Å². The number of aromatic nitrogens is 1. The molecule has 0 aliphatic heterocycles. The van der Waals surface area contributed by atoms with Crippen molar-refractivity contribution >= 4 is 17.5 Å². The summed E-state index contributed by atoms with van der Waals surface area (Å²) in [6.07, 6.45) is -4.58. The molecule has 1 aromatic carbocycles. The van der Waals surface area contributed by atoms with Crippen LogP contribution in [0.4, 0.5) is 17.6 Å². The first-order chi connectivity index (χ1) is 11.1. The lowest BCUT2D eigenvalue weighted by Crippen LogP contribution is -2.28. The zero-order chi connectivity index (χ0) is 18.1. The Bertz CT molecular complexity index is 757. The van der Waals surface area contributed by atoms with Crippen LogP contribution in [0.3, 0.4) is 0 Å². The summed E-state index contributed by atoms with van der Waals surface area (Å²) in [5.74, 6) is -1.14. The standard InChI is InChI=1S/C16H13ClF4N2O/c1-9-10(6-7-14(22-9)16(19,20)21)15(24)23(2)8-11-12(17)4-3-5-13(11)18/h3-7H,8H2,1-2H3. The molecule has 0 saturated carbocycles. The number of rotatable bonds is 3. The van der Waals surface area contributed by atoms with Crippen LogP contribution in [0.1, 0.15) is 27.3 Å². The molecule has 8 heteroatoms. The largest absolute Gasteiger partial charge is 0.433 e. The number of aryl methyl sites for hydroxylation is 1. The number of carbonyl (C=O) groups is 1. The fourth-order valence-corrected chi connectivity index (χ4v) is 2.37. The number of pyridine rings is 1. The lowest BCUT2D eigenvalue weighted by molar-refractivity contribution is -0.141. The predicted octanol–water partition coefficient (Wildman–Crippen LogP) is 4.47. The van der Waals surface area contributed by atoms with Crippen LogP contribution in [0, 0.1) is 12.7 Å². The molecular weight excluding hydrogens is 348 g/mol. The zero-order valence-corrected chi connectivity index (χ0v) is 13.5. The van der Waals surface area contributed by atoms with Gasteiger partial charge in [0.1, 0.15) is 11.5 Å². The third kappa shape index (κ3) is 3.84. The molecule has 0 atom stereocenters. The molecular formula is C16H13ClF4N2O. The second-order valence-corrected chi connectivity index (χ2v) is 5.60. The Morgan fingerprint density at radius 3 is 2.46 bits per heavy atom. The summed E-state index contributed by atoms with van der Waals surface area (Å²) in [7, 11) is 1.40. The normalized spacial score (nSPS) is 11.5. The number of halogens is 5. The highest BCUT2D eigenvalue weighted by Crippen LogP contribution is 2.28. The van der Waals surface area contributed by atoms with Gasteiger partial charge in [-0.25, -0.2) is 9.37 Å². The summed E-state index contributed by atoms with van der Waals surface area (Å²) in [5, 5.41) is 0.164. The van der Waals surface area contributed by atoms with Crippen molar-refractivity contribution in [3.05, 3.63) is 63.7 Å². The van der Waals surface area contributed by atoms with E-state index in [4.69, 9.17) is 11.6 Å². The molecule has 0 saturated heterocycles. The monoisotopic (exact) mass is 360 g/mol. The fraction of sp³-hybridized carbons (Fsp3) is 0.250. The van der Waals surface area contributed by atoms with Gasteiger partial charge in [-0.2, -0.15) is 13.2 Å². The molecule has 2 rings (SSSR count). The summed E-state index contributed by atoms with van der Waals surface area (Å²) in [5.41, 5.74) is -0.983. The molecule has 128 valence electrons. The molecule has 0 spiro atoms. The number of benzene rings is 1. The Hall–Kier alpha value is -2.15. The zero-order valence-electron chi connectivity index (χ0n) is 12.8. The third-order valence-electron chi connectivity index (χ3n) is 3.41. The maximum absolute atomic E-state index is 13.8. The highest BCUT2D eigenvalue weighted by Gasteiger charge is 2.33. The van der Waals surface area contributed by atoms with Crippen LogP contribution in [0.25, 0.3) is 0 Å². The van der Waals surface area contributed by atoms with Crippen molar-refractivity contribution in [3.63, 3.8) is 0 Å². The third-order valence-corrected chi connectivity index (χ3v) is 3.76. The molecule has 0 radical (unpaired) electrons. The first-order valence-electron chi connectivity index (χ1n) is 6.84. The van der Waals surface area contributed by atoms with Gasteiger partial charge in [0.15, 0.2) is 0 Å². The topological polar surface area (TPSA) is 33.2 Å². The number of hydrogen-bond acceptors (Lipinski definition) is 2. The van der Waals surface area contributed by atoms with Crippen LogP contribution in [0.2, 0.25) is 5.02 Å². The minimum Gasteiger partial charge on any atom is -0.337 e. The van der Waals surface area contributed by atoms with E-state index in [1.807, 2.05) is 0 Å². The minimum atomic E-state index is -4.58. The summed E-state index contributed by atoms with van der Waals surface area (Å²) in [6.45, 7) is 1.19. The van der Waals surface area contributed by atoms with Crippen LogP contribution >= 0.6 is 11.6 Å². The molecule has 0 aliphatic carbocycles. The van der Waals surface area contributed by atoms with Crippen molar-refractivity contribution in [2.45, 2.75) is 19.6 Å². The first-order valence-corrected chi connectivity index (χ1v) is 7.22. The number of amides is 1. The average molecular weight is 361 g/mol. The van der Waals surface area contributed by atoms with Crippen molar-refractivity contribution in [2.24, 2.45) is 0 Å². The second-order valence-electron chi connectivity index (χ2n) is 5.19. The van der Waals surface area contributed by atoms with Crippen LogP contribution in [0.5, 0.6) is 0 Å². The van der Waals surface area contributed by atoms with E-state index >= 15 is 0 Å². The van der Waals surface area contributed by atoms with Crippen molar-refractivity contribution in [3.8, 4) is 0 Å². The Balaban J connectivity index is 2.25. The maximum Gasteiger partial charge on any atom is 0.433 e. The van der Waals surface area contributed by atoms with E-state index < -0.39 is 23.6 Å². The van der Waals surface area contributed by atoms with E-state index in [0.29, 0.717) is 0 Å². The van der Waals surface area contributed by atoms with E-state index in [1.165, 1.54) is 37.1 Å².